The first-order valence-corrected chi connectivity index (χ1v) is 5.92. The monoisotopic (exact) mass is 269 g/mol. The molecule has 6 nitrogen and oxygen atoms in total. The van der Waals surface area contributed by atoms with E-state index >= 15 is 0 Å². The molecule has 0 bridgehead atoms. The Hall–Kier alpha value is -2.89. The van der Waals surface area contributed by atoms with Gasteiger partial charge in [0.05, 0.1) is 18.2 Å². The van der Waals surface area contributed by atoms with E-state index in [2.05, 4.69) is 15.0 Å². The summed E-state index contributed by atoms with van der Waals surface area (Å²) in [5.74, 6) is -0.0626. The van der Waals surface area contributed by atoms with Crippen molar-refractivity contribution in [1.29, 1.82) is 0 Å². The number of H-pyrrole nitrogens is 1. The van der Waals surface area contributed by atoms with E-state index in [1.807, 2.05) is 0 Å². The van der Waals surface area contributed by atoms with Crippen LogP contribution in [0.25, 0.3) is 22.6 Å². The highest BCUT2D eigenvalue weighted by Crippen LogP contribution is 2.24. The molecule has 0 amide bonds. The molecule has 0 spiro atoms. The number of carbonyl (C=O) groups is 1. The molecule has 0 radical (unpaired) electrons. The van der Waals surface area contributed by atoms with Gasteiger partial charge in [-0.25, -0.2) is 9.78 Å². The van der Waals surface area contributed by atoms with Crippen LogP contribution in [0.2, 0.25) is 0 Å². The van der Waals surface area contributed by atoms with E-state index in [9.17, 15) is 9.90 Å². The van der Waals surface area contributed by atoms with Gasteiger partial charge in [0, 0.05) is 11.6 Å². The fourth-order valence-corrected chi connectivity index (χ4v) is 1.99. The molecule has 2 aromatic heterocycles. The maximum atomic E-state index is 11.2. The minimum absolute atomic E-state index is 0.193. The third kappa shape index (κ3) is 1.97. The first-order valence-electron chi connectivity index (χ1n) is 5.92. The second kappa shape index (κ2) is 4.65. The minimum Gasteiger partial charge on any atom is -0.481 e. The Morgan fingerprint density at radius 2 is 2.00 bits per heavy atom. The average Bonchev–Trinajstić information content (AvgIpc) is 2.89. The van der Waals surface area contributed by atoms with E-state index in [4.69, 9.17) is 4.74 Å². The Balaban J connectivity index is 2.18. The van der Waals surface area contributed by atoms with Gasteiger partial charge >= 0.3 is 5.97 Å². The Bertz CT molecular complexity index is 795. The summed E-state index contributed by atoms with van der Waals surface area (Å²) in [7, 11) is 1.53. The zero-order valence-electron chi connectivity index (χ0n) is 10.6. The highest BCUT2D eigenvalue weighted by molar-refractivity contribution is 5.95. The number of carboxylic acids is 1. The summed E-state index contributed by atoms with van der Waals surface area (Å²) in [6, 6.07) is 10.2. The molecular weight excluding hydrogens is 258 g/mol. The molecule has 2 N–H and O–H groups in total. The number of carboxylic acid groups (broad SMARTS) is 1. The zero-order chi connectivity index (χ0) is 14.1. The predicted octanol–water partition coefficient (Wildman–Crippen LogP) is 2.33. The fraction of sp³-hybridized carbons (Fsp3) is 0.0714. The van der Waals surface area contributed by atoms with E-state index in [1.165, 1.54) is 7.11 Å². The first-order chi connectivity index (χ1) is 9.69. The van der Waals surface area contributed by atoms with Crippen molar-refractivity contribution in [3.05, 3.63) is 42.0 Å². The largest absolute Gasteiger partial charge is 0.481 e. The molecule has 3 aromatic rings. The maximum absolute atomic E-state index is 11.2. The molecule has 100 valence electrons. The maximum Gasteiger partial charge on any atom is 0.336 e. The van der Waals surface area contributed by atoms with Crippen LogP contribution in [-0.4, -0.2) is 33.1 Å². The molecule has 0 aliphatic heterocycles. The van der Waals surface area contributed by atoms with Crippen LogP contribution < -0.4 is 4.74 Å². The van der Waals surface area contributed by atoms with Crippen LogP contribution >= 0.6 is 0 Å². The number of ether oxygens (including phenoxy) is 1. The van der Waals surface area contributed by atoms with Crippen molar-refractivity contribution in [2.45, 2.75) is 0 Å². The third-order valence-electron chi connectivity index (χ3n) is 2.94. The number of imidazole rings is 1. The number of aromatic carboxylic acids is 1. The van der Waals surface area contributed by atoms with Crippen LogP contribution in [0.3, 0.4) is 0 Å². The number of nitrogens with zero attached hydrogens (tertiary/aromatic N) is 2. The Labute approximate surface area is 114 Å². The molecule has 0 aliphatic rings. The normalized spacial score (nSPS) is 10.7. The number of rotatable bonds is 3. The molecule has 0 aliphatic carbocycles. The lowest BCUT2D eigenvalue weighted by Gasteiger charge is -2.01. The van der Waals surface area contributed by atoms with Crippen LogP contribution in [-0.2, 0) is 0 Å². The predicted molar refractivity (Wildman–Crippen MR) is 72.8 cm³/mol. The number of benzene rings is 1. The van der Waals surface area contributed by atoms with Gasteiger partial charge < -0.3 is 14.8 Å². The average molecular weight is 269 g/mol. The quantitative estimate of drug-likeness (QED) is 0.761. The van der Waals surface area contributed by atoms with Gasteiger partial charge in [-0.05, 0) is 12.1 Å². The molecule has 1 aromatic carbocycles. The third-order valence-corrected chi connectivity index (χ3v) is 2.94. The Morgan fingerprint density at radius 3 is 2.75 bits per heavy atom. The minimum atomic E-state index is -0.994. The number of aromatic amines is 1. The Morgan fingerprint density at radius 1 is 1.20 bits per heavy atom. The summed E-state index contributed by atoms with van der Waals surface area (Å²) in [6.07, 6.45) is 0. The van der Waals surface area contributed by atoms with Gasteiger partial charge in [0.25, 0.3) is 0 Å². The zero-order valence-corrected chi connectivity index (χ0v) is 10.6. The molecule has 0 unspecified atom stereocenters. The van der Waals surface area contributed by atoms with E-state index in [-0.39, 0.29) is 5.56 Å². The highest BCUT2D eigenvalue weighted by Gasteiger charge is 2.14. The van der Waals surface area contributed by atoms with Crippen molar-refractivity contribution in [1.82, 2.24) is 15.0 Å². The second-order valence-corrected chi connectivity index (χ2v) is 4.16. The van der Waals surface area contributed by atoms with Crippen LogP contribution in [0, 0.1) is 0 Å². The summed E-state index contributed by atoms with van der Waals surface area (Å²) >= 11 is 0. The van der Waals surface area contributed by atoms with Crippen molar-refractivity contribution in [2.75, 3.05) is 7.11 Å². The molecule has 20 heavy (non-hydrogen) atoms. The molecule has 6 heteroatoms. The lowest BCUT2D eigenvalue weighted by molar-refractivity contribution is 0.0697. The van der Waals surface area contributed by atoms with Crippen LogP contribution in [0.1, 0.15) is 10.4 Å². The molecule has 0 saturated heterocycles. The van der Waals surface area contributed by atoms with E-state index in [1.54, 1.807) is 36.4 Å². The summed E-state index contributed by atoms with van der Waals surface area (Å²) in [4.78, 5) is 22.8. The van der Waals surface area contributed by atoms with Crippen molar-refractivity contribution in [2.24, 2.45) is 0 Å². The van der Waals surface area contributed by atoms with Crippen LogP contribution in [0.4, 0.5) is 0 Å². The van der Waals surface area contributed by atoms with Gasteiger partial charge in [-0.1, -0.05) is 18.2 Å². The smallest absolute Gasteiger partial charge is 0.336 e. The molecule has 0 saturated carbocycles. The topological polar surface area (TPSA) is 88.1 Å². The van der Waals surface area contributed by atoms with E-state index in [0.29, 0.717) is 22.9 Å². The summed E-state index contributed by atoms with van der Waals surface area (Å²) in [6.45, 7) is 0. The molecule has 3 rings (SSSR count). The van der Waals surface area contributed by atoms with Gasteiger partial charge in [0.2, 0.25) is 5.88 Å². The first kappa shape index (κ1) is 12.2. The van der Waals surface area contributed by atoms with Gasteiger partial charge in [-0.15, -0.1) is 0 Å². The molecular formula is C14H11N3O3. The SMILES string of the molecule is COc1ccc2[nH]c(-c3ccccc3C(=O)O)nc2n1. The lowest BCUT2D eigenvalue weighted by Crippen LogP contribution is -1.99. The van der Waals surface area contributed by atoms with Gasteiger partial charge in [-0.3, -0.25) is 0 Å². The molecule has 0 atom stereocenters. The van der Waals surface area contributed by atoms with Crippen molar-refractivity contribution >= 4 is 17.1 Å². The lowest BCUT2D eigenvalue weighted by atomic mass is 10.1. The van der Waals surface area contributed by atoms with Gasteiger partial charge in [0.1, 0.15) is 5.82 Å². The van der Waals surface area contributed by atoms with Crippen molar-refractivity contribution in [3.63, 3.8) is 0 Å². The number of pyridine rings is 1. The van der Waals surface area contributed by atoms with Gasteiger partial charge in [0.15, 0.2) is 5.65 Å². The number of fused-ring (bicyclic) bond motifs is 1. The van der Waals surface area contributed by atoms with Crippen LogP contribution in [0.15, 0.2) is 36.4 Å². The molecule has 0 fully saturated rings. The van der Waals surface area contributed by atoms with E-state index < -0.39 is 5.97 Å². The van der Waals surface area contributed by atoms with Crippen LogP contribution in [0.5, 0.6) is 5.88 Å². The summed E-state index contributed by atoms with van der Waals surface area (Å²) < 4.78 is 5.04. The standard InChI is InChI=1S/C14H11N3O3/c1-20-11-7-6-10-13(16-11)17-12(15-10)8-4-2-3-5-9(8)14(18)19/h2-7H,1H3,(H,18,19)(H,15,16,17). The number of methoxy groups -OCH3 is 1. The highest BCUT2D eigenvalue weighted by atomic mass is 16.5. The fourth-order valence-electron chi connectivity index (χ4n) is 1.99. The van der Waals surface area contributed by atoms with Gasteiger partial charge in [-0.2, -0.15) is 4.98 Å². The Kier molecular flexibility index (Phi) is 2.83. The number of nitrogens with one attached hydrogen (secondary N) is 1. The summed E-state index contributed by atoms with van der Waals surface area (Å²) in [5, 5.41) is 9.21. The number of hydrogen-bond acceptors (Lipinski definition) is 4. The van der Waals surface area contributed by atoms with E-state index in [0.717, 1.165) is 5.52 Å². The number of hydrogen-bond donors (Lipinski definition) is 2. The number of aromatic nitrogens is 3. The van der Waals surface area contributed by atoms with Crippen molar-refractivity contribution in [3.8, 4) is 17.3 Å². The second-order valence-electron chi connectivity index (χ2n) is 4.16. The molecule has 2 heterocycles. The van der Waals surface area contributed by atoms with Crippen molar-refractivity contribution < 1.29 is 14.6 Å². The summed E-state index contributed by atoms with van der Waals surface area (Å²) in [5.41, 5.74) is 1.93.